The summed E-state index contributed by atoms with van der Waals surface area (Å²) in [5.41, 5.74) is 6.90. The average Bonchev–Trinajstić information content (AvgIpc) is 3.23. The van der Waals surface area contributed by atoms with Crippen molar-refractivity contribution in [1.82, 2.24) is 14.8 Å². The Morgan fingerprint density at radius 3 is 2.62 bits per heavy atom. The molecule has 1 aromatic heterocycles. The molecule has 8 nitrogen and oxygen atoms in total. The second kappa shape index (κ2) is 10.6. The minimum Gasteiger partial charge on any atom is -0.368 e. The lowest BCUT2D eigenvalue weighted by molar-refractivity contribution is -0.132. The number of rotatable bonds is 8. The molecule has 1 saturated heterocycles. The Morgan fingerprint density at radius 2 is 2.00 bits per heavy atom. The van der Waals surface area contributed by atoms with Crippen LogP contribution in [0.4, 0.5) is 0 Å². The molecular weight excluding hydrogens is 408 g/mol. The SMILES string of the molecule is C#CCO[C@@H]1CCN(C(=O)c2cccn2C)[C@H](C(=O)N[C@H](Cc2ccccc2)C(N)=O)C1. The Hall–Kier alpha value is -3.57. The van der Waals surface area contributed by atoms with E-state index in [1.807, 2.05) is 30.3 Å². The van der Waals surface area contributed by atoms with Gasteiger partial charge in [0.15, 0.2) is 0 Å². The Balaban J connectivity index is 1.79. The quantitative estimate of drug-likeness (QED) is 0.599. The molecule has 3 rings (SSSR count). The molecule has 2 aromatic rings. The number of hydrogen-bond donors (Lipinski definition) is 2. The van der Waals surface area contributed by atoms with Crippen LogP contribution in [0, 0.1) is 12.3 Å². The van der Waals surface area contributed by atoms with E-state index in [1.54, 1.807) is 29.9 Å². The molecule has 168 valence electrons. The number of aryl methyl sites for hydroxylation is 1. The molecule has 1 aliphatic rings. The van der Waals surface area contributed by atoms with Crippen LogP contribution >= 0.6 is 0 Å². The summed E-state index contributed by atoms with van der Waals surface area (Å²) < 4.78 is 7.36. The predicted octanol–water partition coefficient (Wildman–Crippen LogP) is 0.861. The number of hydrogen-bond acceptors (Lipinski definition) is 4. The van der Waals surface area contributed by atoms with E-state index < -0.39 is 23.9 Å². The average molecular weight is 437 g/mol. The van der Waals surface area contributed by atoms with Crippen LogP contribution in [0.1, 0.15) is 28.9 Å². The summed E-state index contributed by atoms with van der Waals surface area (Å²) in [6.45, 7) is 0.458. The lowest BCUT2D eigenvalue weighted by atomic mass is 9.97. The van der Waals surface area contributed by atoms with Crippen molar-refractivity contribution in [2.75, 3.05) is 13.2 Å². The van der Waals surface area contributed by atoms with Crippen LogP contribution in [-0.4, -0.2) is 58.5 Å². The third-order valence-electron chi connectivity index (χ3n) is 5.63. The molecule has 0 bridgehead atoms. The first-order valence-corrected chi connectivity index (χ1v) is 10.5. The number of carbonyl (C=O) groups excluding carboxylic acids is 3. The fraction of sp³-hybridized carbons (Fsp3) is 0.375. The zero-order chi connectivity index (χ0) is 23.1. The van der Waals surface area contributed by atoms with Crippen molar-refractivity contribution in [1.29, 1.82) is 0 Å². The number of ether oxygens (including phenoxy) is 1. The lowest BCUT2D eigenvalue weighted by Crippen LogP contribution is -2.58. The molecule has 3 atom stereocenters. The maximum atomic E-state index is 13.3. The molecule has 0 saturated carbocycles. The van der Waals surface area contributed by atoms with Gasteiger partial charge in [-0.3, -0.25) is 14.4 Å². The Labute approximate surface area is 187 Å². The normalized spacial score (nSPS) is 19.1. The maximum Gasteiger partial charge on any atom is 0.271 e. The van der Waals surface area contributed by atoms with E-state index in [2.05, 4.69) is 11.2 Å². The zero-order valence-corrected chi connectivity index (χ0v) is 18.1. The highest BCUT2D eigenvalue weighted by atomic mass is 16.5. The van der Waals surface area contributed by atoms with Crippen molar-refractivity contribution in [3.8, 4) is 12.3 Å². The highest BCUT2D eigenvalue weighted by Crippen LogP contribution is 2.23. The van der Waals surface area contributed by atoms with Gasteiger partial charge in [0, 0.05) is 32.6 Å². The van der Waals surface area contributed by atoms with E-state index in [-0.39, 0.29) is 31.5 Å². The second-order valence-corrected chi connectivity index (χ2v) is 7.83. The molecule has 0 radical (unpaired) electrons. The van der Waals surface area contributed by atoms with E-state index >= 15 is 0 Å². The van der Waals surface area contributed by atoms with Gasteiger partial charge in [0.1, 0.15) is 24.4 Å². The number of primary amides is 1. The molecule has 32 heavy (non-hydrogen) atoms. The largest absolute Gasteiger partial charge is 0.368 e. The number of amides is 3. The molecule has 3 amide bonds. The van der Waals surface area contributed by atoms with Gasteiger partial charge >= 0.3 is 0 Å². The molecule has 1 aromatic carbocycles. The standard InChI is InChI=1S/C24H28N4O4/c1-3-14-32-18-11-13-28(24(31)20-10-7-12-27(20)2)21(16-18)23(30)26-19(22(25)29)15-17-8-5-4-6-9-17/h1,4-10,12,18-19,21H,11,13-16H2,2H3,(H2,25,29)(H,26,30)/t18-,19-,21+/m1/s1. The molecule has 3 N–H and O–H groups in total. The van der Waals surface area contributed by atoms with Crippen molar-refractivity contribution >= 4 is 17.7 Å². The number of carbonyl (C=O) groups is 3. The fourth-order valence-corrected chi connectivity index (χ4v) is 3.91. The first-order chi connectivity index (χ1) is 15.4. The van der Waals surface area contributed by atoms with Crippen LogP contribution in [-0.2, 0) is 27.8 Å². The first-order valence-electron chi connectivity index (χ1n) is 10.5. The number of likely N-dealkylation sites (tertiary alicyclic amines) is 1. The van der Waals surface area contributed by atoms with Gasteiger partial charge in [-0.15, -0.1) is 6.42 Å². The van der Waals surface area contributed by atoms with E-state index in [1.165, 1.54) is 4.90 Å². The molecule has 0 aliphatic carbocycles. The van der Waals surface area contributed by atoms with Crippen molar-refractivity contribution < 1.29 is 19.1 Å². The summed E-state index contributed by atoms with van der Waals surface area (Å²) in [5, 5.41) is 2.75. The van der Waals surface area contributed by atoms with Crippen molar-refractivity contribution in [2.45, 2.75) is 37.5 Å². The Bertz CT molecular complexity index is 995. The number of nitrogens with zero attached hydrogens (tertiary/aromatic N) is 2. The number of piperidine rings is 1. The highest BCUT2D eigenvalue weighted by Gasteiger charge is 2.38. The summed E-state index contributed by atoms with van der Waals surface area (Å²) in [6.07, 6.45) is 7.90. The lowest BCUT2D eigenvalue weighted by Gasteiger charge is -2.38. The molecule has 0 unspecified atom stereocenters. The fourth-order valence-electron chi connectivity index (χ4n) is 3.91. The molecule has 1 fully saturated rings. The monoisotopic (exact) mass is 436 g/mol. The molecule has 1 aliphatic heterocycles. The second-order valence-electron chi connectivity index (χ2n) is 7.83. The van der Waals surface area contributed by atoms with E-state index in [0.717, 1.165) is 5.56 Å². The van der Waals surface area contributed by atoms with E-state index in [9.17, 15) is 14.4 Å². The summed E-state index contributed by atoms with van der Waals surface area (Å²) in [5.74, 6) is 1.09. The Morgan fingerprint density at radius 1 is 1.25 bits per heavy atom. The van der Waals surface area contributed by atoms with Crippen molar-refractivity contribution in [3.05, 3.63) is 59.9 Å². The summed E-state index contributed by atoms with van der Waals surface area (Å²) in [4.78, 5) is 40.0. The highest BCUT2D eigenvalue weighted by molar-refractivity contribution is 5.97. The molecule has 0 spiro atoms. The number of aromatic nitrogens is 1. The van der Waals surface area contributed by atoms with Crippen LogP contribution in [0.15, 0.2) is 48.7 Å². The molecule has 2 heterocycles. The van der Waals surface area contributed by atoms with Gasteiger partial charge in [-0.1, -0.05) is 36.3 Å². The third-order valence-corrected chi connectivity index (χ3v) is 5.63. The number of nitrogens with two attached hydrogens (primary N) is 1. The third kappa shape index (κ3) is 5.56. The zero-order valence-electron chi connectivity index (χ0n) is 18.1. The van der Waals surface area contributed by atoms with Crippen molar-refractivity contribution in [3.63, 3.8) is 0 Å². The number of nitrogens with one attached hydrogen (secondary N) is 1. The molecule has 8 heteroatoms. The minimum atomic E-state index is -0.899. The number of terminal acetylenes is 1. The van der Waals surface area contributed by atoms with Crippen LogP contribution in [0.2, 0.25) is 0 Å². The first kappa shape index (κ1) is 23.1. The van der Waals surface area contributed by atoms with Gasteiger partial charge in [0.05, 0.1) is 6.10 Å². The van der Waals surface area contributed by atoms with Gasteiger partial charge in [0.25, 0.3) is 5.91 Å². The summed E-state index contributed by atoms with van der Waals surface area (Å²) in [6, 6.07) is 11.1. The van der Waals surface area contributed by atoms with Gasteiger partial charge in [0.2, 0.25) is 11.8 Å². The minimum absolute atomic E-state index is 0.128. The smallest absolute Gasteiger partial charge is 0.271 e. The van der Waals surface area contributed by atoms with Crippen LogP contribution in [0.25, 0.3) is 0 Å². The van der Waals surface area contributed by atoms with Gasteiger partial charge in [-0.05, 0) is 24.1 Å². The van der Waals surface area contributed by atoms with E-state index in [4.69, 9.17) is 16.9 Å². The van der Waals surface area contributed by atoms with Gasteiger partial charge < -0.3 is 25.3 Å². The predicted molar refractivity (Wildman–Crippen MR) is 119 cm³/mol. The number of benzene rings is 1. The molecular formula is C24H28N4O4. The Kier molecular flexibility index (Phi) is 7.68. The van der Waals surface area contributed by atoms with Gasteiger partial charge in [-0.2, -0.15) is 0 Å². The van der Waals surface area contributed by atoms with Gasteiger partial charge in [-0.25, -0.2) is 0 Å². The summed E-state index contributed by atoms with van der Waals surface area (Å²) >= 11 is 0. The van der Waals surface area contributed by atoms with E-state index in [0.29, 0.717) is 18.7 Å². The van der Waals surface area contributed by atoms with Crippen LogP contribution in [0.3, 0.4) is 0 Å². The van der Waals surface area contributed by atoms with Crippen LogP contribution < -0.4 is 11.1 Å². The topological polar surface area (TPSA) is 107 Å². The maximum absolute atomic E-state index is 13.3. The van der Waals surface area contributed by atoms with Crippen LogP contribution in [0.5, 0.6) is 0 Å². The summed E-state index contributed by atoms with van der Waals surface area (Å²) in [7, 11) is 1.77. The van der Waals surface area contributed by atoms with Crippen molar-refractivity contribution in [2.24, 2.45) is 12.8 Å².